The van der Waals surface area contributed by atoms with Gasteiger partial charge >= 0.3 is 12.1 Å². The van der Waals surface area contributed by atoms with E-state index in [-0.39, 0.29) is 31.2 Å². The summed E-state index contributed by atoms with van der Waals surface area (Å²) >= 11 is 3.45. The molecule has 0 spiro atoms. The summed E-state index contributed by atoms with van der Waals surface area (Å²) in [6.45, 7) is 7.90. The monoisotopic (exact) mass is 431 g/mol. The first-order valence-electron chi connectivity index (χ1n) is 8.67. The van der Waals surface area contributed by atoms with Crippen molar-refractivity contribution in [1.29, 1.82) is 0 Å². The van der Waals surface area contributed by atoms with Gasteiger partial charge in [-0.15, -0.1) is 0 Å². The Kier molecular flexibility index (Phi) is 6.33. The minimum absolute atomic E-state index is 0.0456. The lowest BCUT2D eigenvalue weighted by Gasteiger charge is -2.33. The minimum Gasteiger partial charge on any atom is -0.465 e. The van der Waals surface area contributed by atoms with E-state index >= 15 is 0 Å². The van der Waals surface area contributed by atoms with Crippen molar-refractivity contribution in [2.24, 2.45) is 5.92 Å². The molecule has 0 saturated carbocycles. The molecular formula is C17H26BrN3O5. The normalized spacial score (nSPS) is 18.4. The molecule has 2 rings (SSSR count). The molecule has 1 aliphatic rings. The Morgan fingerprint density at radius 3 is 2.65 bits per heavy atom. The lowest BCUT2D eigenvalue weighted by molar-refractivity contribution is -0.000243. The Hall–Kier alpha value is -1.61. The number of nitrogens with zero attached hydrogens (tertiary/aromatic N) is 3. The van der Waals surface area contributed by atoms with Crippen molar-refractivity contribution in [3.63, 3.8) is 0 Å². The van der Waals surface area contributed by atoms with Gasteiger partial charge in [0.25, 0.3) is 0 Å². The van der Waals surface area contributed by atoms with E-state index in [1.165, 1.54) is 0 Å². The second kappa shape index (κ2) is 7.96. The summed E-state index contributed by atoms with van der Waals surface area (Å²) in [5.74, 6) is -0.334. The first-order valence-corrected chi connectivity index (χ1v) is 9.79. The molecule has 0 fully saturated rings. The third-order valence-corrected chi connectivity index (χ3v) is 5.60. The van der Waals surface area contributed by atoms with Crippen LogP contribution >= 0.6 is 15.9 Å². The lowest BCUT2D eigenvalue weighted by atomic mass is 9.87. The van der Waals surface area contributed by atoms with Crippen LogP contribution in [-0.2, 0) is 23.2 Å². The molecule has 2 N–H and O–H groups in total. The third-order valence-electron chi connectivity index (χ3n) is 5.14. The van der Waals surface area contributed by atoms with Crippen molar-refractivity contribution in [3.8, 4) is 0 Å². The van der Waals surface area contributed by atoms with E-state index in [1.54, 1.807) is 11.6 Å². The number of aliphatic hydroxyl groups excluding tert-OH is 1. The zero-order valence-corrected chi connectivity index (χ0v) is 17.1. The van der Waals surface area contributed by atoms with Crippen LogP contribution in [-0.4, -0.2) is 55.1 Å². The van der Waals surface area contributed by atoms with E-state index in [9.17, 15) is 19.8 Å². The summed E-state index contributed by atoms with van der Waals surface area (Å²) in [6, 6.07) is 0. The number of hydrogen-bond donors (Lipinski definition) is 2. The van der Waals surface area contributed by atoms with Crippen LogP contribution in [0.5, 0.6) is 0 Å². The molecule has 0 aliphatic carbocycles. The van der Waals surface area contributed by atoms with Gasteiger partial charge in [0.2, 0.25) is 0 Å². The average Bonchev–Trinajstić information content (AvgIpc) is 2.93. The van der Waals surface area contributed by atoms with Crippen molar-refractivity contribution in [2.45, 2.75) is 58.8 Å². The molecular weight excluding hydrogens is 406 g/mol. The molecule has 0 radical (unpaired) electrons. The fourth-order valence-corrected chi connectivity index (χ4v) is 3.82. The van der Waals surface area contributed by atoms with E-state index in [2.05, 4.69) is 28.0 Å². The number of carbonyl (C=O) groups is 2. The molecule has 0 bridgehead atoms. The Labute approximate surface area is 161 Å². The number of aliphatic hydroxyl groups is 1. The highest BCUT2D eigenvalue weighted by atomic mass is 79.9. The molecule has 1 aliphatic heterocycles. The summed E-state index contributed by atoms with van der Waals surface area (Å²) in [4.78, 5) is 25.0. The number of carboxylic acid groups (broad SMARTS) is 1. The van der Waals surface area contributed by atoms with Crippen LogP contribution in [0, 0.1) is 5.92 Å². The van der Waals surface area contributed by atoms with Crippen LogP contribution in [0.4, 0.5) is 4.79 Å². The zero-order chi connectivity index (χ0) is 19.6. The quantitative estimate of drug-likeness (QED) is 0.529. The van der Waals surface area contributed by atoms with E-state index in [0.717, 1.165) is 16.7 Å². The largest absolute Gasteiger partial charge is 0.465 e. The summed E-state index contributed by atoms with van der Waals surface area (Å²) in [5, 5.41) is 24.8. The Balaban J connectivity index is 2.58. The van der Waals surface area contributed by atoms with Gasteiger partial charge in [0.15, 0.2) is 5.69 Å². The average molecular weight is 432 g/mol. The second-order valence-electron chi connectivity index (χ2n) is 7.03. The highest BCUT2D eigenvalue weighted by molar-refractivity contribution is 9.09. The van der Waals surface area contributed by atoms with Crippen LogP contribution in [0.1, 0.15) is 55.9 Å². The molecule has 9 heteroatoms. The fraction of sp³-hybridized carbons (Fsp3) is 0.706. The molecule has 0 saturated heterocycles. The van der Waals surface area contributed by atoms with Gasteiger partial charge in [-0.1, -0.05) is 22.9 Å². The first kappa shape index (κ1) is 20.7. The van der Waals surface area contributed by atoms with Gasteiger partial charge in [-0.2, -0.15) is 5.10 Å². The number of rotatable bonds is 6. The summed E-state index contributed by atoms with van der Waals surface area (Å²) < 4.78 is 6.87. The lowest BCUT2D eigenvalue weighted by Crippen LogP contribution is -2.43. The van der Waals surface area contributed by atoms with Gasteiger partial charge in [-0.3, -0.25) is 9.58 Å². The summed E-state index contributed by atoms with van der Waals surface area (Å²) in [7, 11) is 0. The van der Waals surface area contributed by atoms with E-state index < -0.39 is 23.8 Å². The molecule has 2 unspecified atom stereocenters. The molecule has 0 aromatic carbocycles. The smallest absolute Gasteiger partial charge is 0.409 e. The highest BCUT2D eigenvalue weighted by Gasteiger charge is 2.40. The number of halogens is 1. The maximum Gasteiger partial charge on any atom is 0.409 e. The van der Waals surface area contributed by atoms with Crippen molar-refractivity contribution >= 4 is 28.0 Å². The predicted molar refractivity (Wildman–Crippen MR) is 98.4 cm³/mol. The van der Waals surface area contributed by atoms with Gasteiger partial charge in [0, 0.05) is 17.3 Å². The Bertz CT molecular complexity index is 688. The van der Waals surface area contributed by atoms with Crippen molar-refractivity contribution in [3.05, 3.63) is 17.0 Å². The number of carbonyl (C=O) groups excluding carboxylic acids is 1. The molecule has 1 amide bonds. The topological polar surface area (TPSA) is 105 Å². The van der Waals surface area contributed by atoms with Gasteiger partial charge in [-0.25, -0.2) is 9.59 Å². The van der Waals surface area contributed by atoms with Crippen LogP contribution in [0.2, 0.25) is 0 Å². The Morgan fingerprint density at radius 2 is 2.12 bits per heavy atom. The van der Waals surface area contributed by atoms with Gasteiger partial charge in [0.1, 0.15) is 6.23 Å². The molecule has 26 heavy (non-hydrogen) atoms. The van der Waals surface area contributed by atoms with Crippen LogP contribution < -0.4 is 0 Å². The molecule has 2 atom stereocenters. The maximum atomic E-state index is 12.7. The number of fused-ring (bicyclic) bond motifs is 1. The van der Waals surface area contributed by atoms with Gasteiger partial charge in [0.05, 0.1) is 24.4 Å². The molecule has 1 aromatic heterocycles. The third kappa shape index (κ3) is 3.73. The summed E-state index contributed by atoms with van der Waals surface area (Å²) in [5.41, 5.74) is 0.825. The number of esters is 1. The first-order chi connectivity index (χ1) is 12.1. The van der Waals surface area contributed by atoms with Crippen molar-refractivity contribution in [1.82, 2.24) is 14.7 Å². The standard InChI is InChI=1S/C17H26BrN3O5/c1-5-26-15(23)14-11-9-20(16(24)25)13(22)8-12(11)19-21(14)17(3,4)10(2)6-7-18/h10,13,22H,5-9H2,1-4H3,(H,24,25). The predicted octanol–water partition coefficient (Wildman–Crippen LogP) is 2.57. The minimum atomic E-state index is -1.24. The van der Waals surface area contributed by atoms with Gasteiger partial charge in [-0.05, 0) is 33.1 Å². The van der Waals surface area contributed by atoms with Crippen molar-refractivity contribution in [2.75, 3.05) is 11.9 Å². The number of ether oxygens (including phenoxy) is 1. The number of amides is 1. The van der Waals surface area contributed by atoms with Crippen LogP contribution in [0.25, 0.3) is 0 Å². The highest BCUT2D eigenvalue weighted by Crippen LogP contribution is 2.34. The summed E-state index contributed by atoms with van der Waals surface area (Å²) in [6.07, 6.45) is -1.49. The molecule has 146 valence electrons. The van der Waals surface area contributed by atoms with E-state index in [0.29, 0.717) is 11.3 Å². The van der Waals surface area contributed by atoms with Crippen LogP contribution in [0.15, 0.2) is 0 Å². The Morgan fingerprint density at radius 1 is 1.46 bits per heavy atom. The van der Waals surface area contributed by atoms with E-state index in [1.807, 2.05) is 13.8 Å². The molecule has 2 heterocycles. The van der Waals surface area contributed by atoms with Crippen molar-refractivity contribution < 1.29 is 24.5 Å². The SMILES string of the molecule is CCOC(=O)c1c2c(nn1C(C)(C)C(C)CCBr)CC(O)N(C(=O)O)C2. The van der Waals surface area contributed by atoms with E-state index in [4.69, 9.17) is 4.74 Å². The number of hydrogen-bond acceptors (Lipinski definition) is 5. The number of aromatic nitrogens is 2. The molecule has 8 nitrogen and oxygen atoms in total. The number of alkyl halides is 1. The molecule has 1 aromatic rings. The second-order valence-corrected chi connectivity index (χ2v) is 7.83. The van der Waals surface area contributed by atoms with Gasteiger partial charge < -0.3 is 14.9 Å². The van der Waals surface area contributed by atoms with Crippen LogP contribution in [0.3, 0.4) is 0 Å². The zero-order valence-electron chi connectivity index (χ0n) is 15.5. The maximum absolute atomic E-state index is 12.7. The fourth-order valence-electron chi connectivity index (χ4n) is 3.13.